The highest BCUT2D eigenvalue weighted by molar-refractivity contribution is 4.82. The van der Waals surface area contributed by atoms with E-state index in [0.717, 1.165) is 13.1 Å². The summed E-state index contributed by atoms with van der Waals surface area (Å²) in [6, 6.07) is 0.548. The molecular weight excluding hydrogens is 168 g/mol. The van der Waals surface area contributed by atoms with Gasteiger partial charge in [-0.3, -0.25) is 0 Å². The lowest BCUT2D eigenvalue weighted by Crippen LogP contribution is -2.30. The Bertz CT molecular complexity index is 267. The van der Waals surface area contributed by atoms with Crippen LogP contribution in [0.3, 0.4) is 0 Å². The zero-order valence-electron chi connectivity index (χ0n) is 7.71. The Kier molecular flexibility index (Phi) is 2.56. The van der Waals surface area contributed by atoms with E-state index in [1.165, 1.54) is 6.42 Å². The smallest absolute Gasteiger partial charge is 0.230 e. The molecule has 0 spiro atoms. The van der Waals surface area contributed by atoms with Gasteiger partial charge in [0.25, 0.3) is 0 Å². The van der Waals surface area contributed by atoms with Gasteiger partial charge < -0.3 is 15.1 Å². The fourth-order valence-corrected chi connectivity index (χ4v) is 1.47. The van der Waals surface area contributed by atoms with Gasteiger partial charge in [-0.15, -0.1) is 10.2 Å². The zero-order chi connectivity index (χ0) is 9.10. The van der Waals surface area contributed by atoms with Crippen LogP contribution in [0, 0.1) is 6.92 Å². The fourth-order valence-electron chi connectivity index (χ4n) is 1.47. The van der Waals surface area contributed by atoms with E-state index >= 15 is 0 Å². The van der Waals surface area contributed by atoms with Gasteiger partial charge in [-0.1, -0.05) is 0 Å². The Labute approximate surface area is 76.9 Å². The second-order valence-corrected chi connectivity index (χ2v) is 3.29. The van der Waals surface area contributed by atoms with Crippen LogP contribution in [0.1, 0.15) is 18.2 Å². The molecule has 5 heteroatoms. The lowest BCUT2D eigenvalue weighted by atomic mass is 10.2. The van der Waals surface area contributed by atoms with Crippen LogP contribution >= 0.6 is 0 Å². The van der Waals surface area contributed by atoms with E-state index in [0.29, 0.717) is 24.4 Å². The van der Waals surface area contributed by atoms with E-state index in [2.05, 4.69) is 20.8 Å². The van der Waals surface area contributed by atoms with E-state index < -0.39 is 0 Å². The molecule has 1 fully saturated rings. The minimum atomic E-state index is 0.548. The molecule has 1 saturated heterocycles. The molecule has 1 aliphatic rings. The molecular formula is C8H14N4O. The third kappa shape index (κ3) is 2.26. The maximum absolute atomic E-state index is 5.24. The largest absolute Gasteiger partial charge is 0.424 e. The number of nitrogens with zero attached hydrogens (tertiary/aromatic N) is 2. The van der Waals surface area contributed by atoms with Gasteiger partial charge >= 0.3 is 0 Å². The zero-order valence-corrected chi connectivity index (χ0v) is 7.71. The van der Waals surface area contributed by atoms with Gasteiger partial charge in [0, 0.05) is 19.5 Å². The highest BCUT2D eigenvalue weighted by atomic mass is 16.4. The number of hydrogen-bond acceptors (Lipinski definition) is 5. The molecule has 0 aromatic carbocycles. The van der Waals surface area contributed by atoms with Crippen molar-refractivity contribution in [2.24, 2.45) is 0 Å². The van der Waals surface area contributed by atoms with E-state index in [1.54, 1.807) is 6.92 Å². The van der Waals surface area contributed by atoms with Crippen molar-refractivity contribution in [1.82, 2.24) is 20.8 Å². The van der Waals surface area contributed by atoms with Crippen LogP contribution in [0.2, 0.25) is 0 Å². The molecule has 1 aliphatic heterocycles. The molecule has 2 N–H and O–H groups in total. The SMILES string of the molecule is Cc1nnc(CNC2CCNC2)o1. The minimum Gasteiger partial charge on any atom is -0.424 e. The predicted molar refractivity (Wildman–Crippen MR) is 47.1 cm³/mol. The molecule has 0 amide bonds. The standard InChI is InChI=1S/C8H14N4O/c1-6-11-12-8(13-6)5-10-7-2-3-9-4-7/h7,9-10H,2-5H2,1H3. The average Bonchev–Trinajstić information content (AvgIpc) is 2.71. The highest BCUT2D eigenvalue weighted by Gasteiger charge is 2.14. The first-order valence-corrected chi connectivity index (χ1v) is 4.57. The van der Waals surface area contributed by atoms with Gasteiger partial charge in [-0.05, 0) is 13.0 Å². The van der Waals surface area contributed by atoms with Crippen molar-refractivity contribution < 1.29 is 4.42 Å². The van der Waals surface area contributed by atoms with Gasteiger partial charge in [-0.2, -0.15) is 0 Å². The van der Waals surface area contributed by atoms with Gasteiger partial charge in [0.05, 0.1) is 6.54 Å². The second-order valence-electron chi connectivity index (χ2n) is 3.29. The lowest BCUT2D eigenvalue weighted by molar-refractivity contribution is 0.427. The molecule has 1 atom stereocenters. The molecule has 1 aromatic heterocycles. The molecule has 0 bridgehead atoms. The normalized spacial score (nSPS) is 22.4. The maximum Gasteiger partial charge on any atom is 0.230 e. The van der Waals surface area contributed by atoms with Crippen LogP contribution in [0.25, 0.3) is 0 Å². The number of nitrogens with one attached hydrogen (secondary N) is 2. The van der Waals surface area contributed by atoms with E-state index in [-0.39, 0.29) is 0 Å². The Morgan fingerprint density at radius 2 is 2.54 bits per heavy atom. The predicted octanol–water partition coefficient (Wildman–Crippen LogP) is -0.170. The number of rotatable bonds is 3. The molecule has 1 aromatic rings. The first-order valence-electron chi connectivity index (χ1n) is 4.57. The van der Waals surface area contributed by atoms with E-state index in [1.807, 2.05) is 0 Å². The summed E-state index contributed by atoms with van der Waals surface area (Å²) >= 11 is 0. The number of aromatic nitrogens is 2. The van der Waals surface area contributed by atoms with Crippen molar-refractivity contribution in [1.29, 1.82) is 0 Å². The van der Waals surface area contributed by atoms with Crippen LogP contribution in [0.4, 0.5) is 0 Å². The van der Waals surface area contributed by atoms with Crippen molar-refractivity contribution in [2.75, 3.05) is 13.1 Å². The quantitative estimate of drug-likeness (QED) is 0.679. The molecule has 0 saturated carbocycles. The molecule has 0 aliphatic carbocycles. The van der Waals surface area contributed by atoms with Crippen LogP contribution in [-0.4, -0.2) is 29.3 Å². The maximum atomic E-state index is 5.24. The van der Waals surface area contributed by atoms with Gasteiger partial charge in [0.2, 0.25) is 11.8 Å². The number of aryl methyl sites for hydroxylation is 1. The molecule has 2 rings (SSSR count). The van der Waals surface area contributed by atoms with E-state index in [9.17, 15) is 0 Å². The first kappa shape index (κ1) is 8.65. The summed E-state index contributed by atoms with van der Waals surface area (Å²) in [5, 5.41) is 14.3. The Balaban J connectivity index is 1.78. The summed E-state index contributed by atoms with van der Waals surface area (Å²) in [5.41, 5.74) is 0. The van der Waals surface area contributed by atoms with Gasteiger partial charge in [-0.25, -0.2) is 0 Å². The second kappa shape index (κ2) is 3.85. The van der Waals surface area contributed by atoms with Crippen LogP contribution in [-0.2, 0) is 6.54 Å². The lowest BCUT2D eigenvalue weighted by Gasteiger charge is -2.07. The van der Waals surface area contributed by atoms with Crippen molar-refractivity contribution in [2.45, 2.75) is 25.9 Å². The molecule has 5 nitrogen and oxygen atoms in total. The van der Waals surface area contributed by atoms with Crippen molar-refractivity contribution in [3.05, 3.63) is 11.8 Å². The molecule has 72 valence electrons. The summed E-state index contributed by atoms with van der Waals surface area (Å²) in [4.78, 5) is 0. The molecule has 1 unspecified atom stereocenters. The van der Waals surface area contributed by atoms with E-state index in [4.69, 9.17) is 4.42 Å². The minimum absolute atomic E-state index is 0.548. The van der Waals surface area contributed by atoms with Crippen molar-refractivity contribution in [3.63, 3.8) is 0 Å². The summed E-state index contributed by atoms with van der Waals surface area (Å²) in [6.07, 6.45) is 1.17. The van der Waals surface area contributed by atoms with Gasteiger partial charge in [0.1, 0.15) is 0 Å². The average molecular weight is 182 g/mol. The van der Waals surface area contributed by atoms with Crippen LogP contribution < -0.4 is 10.6 Å². The molecule has 0 radical (unpaired) electrons. The topological polar surface area (TPSA) is 63.0 Å². The summed E-state index contributed by atoms with van der Waals surface area (Å²) < 4.78 is 5.24. The summed E-state index contributed by atoms with van der Waals surface area (Å²) in [6.45, 7) is 4.61. The monoisotopic (exact) mass is 182 g/mol. The Morgan fingerprint density at radius 1 is 1.62 bits per heavy atom. The van der Waals surface area contributed by atoms with Crippen molar-refractivity contribution >= 4 is 0 Å². The fraction of sp³-hybridized carbons (Fsp3) is 0.750. The van der Waals surface area contributed by atoms with Crippen molar-refractivity contribution in [3.8, 4) is 0 Å². The third-order valence-corrected chi connectivity index (χ3v) is 2.17. The first-order chi connectivity index (χ1) is 6.34. The summed E-state index contributed by atoms with van der Waals surface area (Å²) in [5.74, 6) is 1.30. The Morgan fingerprint density at radius 3 is 3.15 bits per heavy atom. The Hall–Kier alpha value is -0.940. The summed E-state index contributed by atoms with van der Waals surface area (Å²) in [7, 11) is 0. The third-order valence-electron chi connectivity index (χ3n) is 2.17. The molecule has 13 heavy (non-hydrogen) atoms. The van der Waals surface area contributed by atoms with Crippen LogP contribution in [0.15, 0.2) is 4.42 Å². The molecule has 2 heterocycles. The van der Waals surface area contributed by atoms with Gasteiger partial charge in [0.15, 0.2) is 0 Å². The van der Waals surface area contributed by atoms with Crippen LogP contribution in [0.5, 0.6) is 0 Å². The highest BCUT2D eigenvalue weighted by Crippen LogP contribution is 2.01. The number of hydrogen-bond donors (Lipinski definition) is 2.